The number of amides is 2. The summed E-state index contributed by atoms with van der Waals surface area (Å²) in [5, 5.41) is 18.8. The summed E-state index contributed by atoms with van der Waals surface area (Å²) in [7, 11) is -3.42. The first kappa shape index (κ1) is 49.8. The van der Waals surface area contributed by atoms with E-state index in [1.807, 2.05) is 24.3 Å². The number of sulfone groups is 1. The van der Waals surface area contributed by atoms with E-state index < -0.39 is 55.6 Å². The minimum Gasteiger partial charge on any atom is -0.382 e. The highest BCUT2D eigenvalue weighted by atomic mass is 32.2. The van der Waals surface area contributed by atoms with Crippen molar-refractivity contribution in [2.75, 3.05) is 28.6 Å². The molecule has 358 valence electrons. The summed E-state index contributed by atoms with van der Waals surface area (Å²) in [6, 6.07) is 24.1. The Bertz CT molecular complexity index is 3060. The molecule has 1 saturated heterocycles. The number of nitriles is 1. The summed E-state index contributed by atoms with van der Waals surface area (Å²) >= 11 is 5.53. The van der Waals surface area contributed by atoms with Crippen molar-refractivity contribution < 1.29 is 40.1 Å². The molecule has 14 nitrogen and oxygen atoms in total. The Balaban J connectivity index is 0.836. The highest BCUT2D eigenvalue weighted by Gasteiger charge is 2.51. The molecule has 0 unspecified atom stereocenters. The van der Waals surface area contributed by atoms with Crippen LogP contribution in [0.3, 0.4) is 0 Å². The highest BCUT2D eigenvalue weighted by molar-refractivity contribution is 7.92. The molecule has 7 rings (SSSR count). The van der Waals surface area contributed by atoms with Gasteiger partial charge >= 0.3 is 6.18 Å². The molecule has 1 aliphatic rings. The zero-order valence-corrected chi connectivity index (χ0v) is 39.5. The molecule has 0 atom stereocenters. The van der Waals surface area contributed by atoms with Gasteiger partial charge in [0.05, 0.1) is 50.5 Å². The number of nitrogen functional groups attached to an aromatic ring is 1. The van der Waals surface area contributed by atoms with E-state index in [2.05, 4.69) is 25.8 Å². The van der Waals surface area contributed by atoms with Crippen molar-refractivity contribution in [1.29, 1.82) is 5.26 Å². The summed E-state index contributed by atoms with van der Waals surface area (Å²) in [4.78, 5) is 37.8. The summed E-state index contributed by atoms with van der Waals surface area (Å²) in [6.45, 7) is 7.98. The molecule has 3 heterocycles. The zero-order valence-electron chi connectivity index (χ0n) is 37.9. The third kappa shape index (κ3) is 10.6. The number of hydrogen-bond acceptors (Lipinski definition) is 12. The number of rotatable bonds is 17. The molecule has 2 aromatic heterocycles. The number of aromatic nitrogens is 3. The largest absolute Gasteiger partial charge is 0.417 e. The van der Waals surface area contributed by atoms with E-state index in [0.717, 1.165) is 54.0 Å². The number of nitrogens with one attached hydrogen (secondary N) is 2. The molecule has 1 aliphatic heterocycles. The van der Waals surface area contributed by atoms with Crippen molar-refractivity contribution in [2.24, 2.45) is 0 Å². The van der Waals surface area contributed by atoms with Gasteiger partial charge < -0.3 is 25.8 Å². The van der Waals surface area contributed by atoms with Crippen LogP contribution in [0.4, 0.5) is 34.8 Å². The van der Waals surface area contributed by atoms with Gasteiger partial charge in [0.1, 0.15) is 17.1 Å². The lowest BCUT2D eigenvalue weighted by Gasteiger charge is -2.29. The van der Waals surface area contributed by atoms with E-state index in [0.29, 0.717) is 54.0 Å². The third-order valence-electron chi connectivity index (χ3n) is 11.6. The van der Waals surface area contributed by atoms with Crippen molar-refractivity contribution in [1.82, 2.24) is 25.8 Å². The van der Waals surface area contributed by atoms with E-state index in [1.165, 1.54) is 49.2 Å². The Morgan fingerprint density at radius 3 is 2.22 bits per heavy atom. The van der Waals surface area contributed by atoms with Gasteiger partial charge in [0.15, 0.2) is 32.2 Å². The Morgan fingerprint density at radius 2 is 1.57 bits per heavy atom. The maximum absolute atomic E-state index is 15.4. The molecule has 0 bridgehead atoms. The van der Waals surface area contributed by atoms with Gasteiger partial charge in [-0.25, -0.2) is 22.8 Å². The third-order valence-corrected chi connectivity index (χ3v) is 14.1. The van der Waals surface area contributed by atoms with Crippen LogP contribution in [0.15, 0.2) is 107 Å². The van der Waals surface area contributed by atoms with Gasteiger partial charge in [0.25, 0.3) is 11.8 Å². The molecular weight excluding hydrogens is 935 g/mol. The lowest BCUT2D eigenvalue weighted by atomic mass is 10.0. The molecule has 1 fully saturated rings. The van der Waals surface area contributed by atoms with Crippen molar-refractivity contribution >= 4 is 56.2 Å². The van der Waals surface area contributed by atoms with Crippen LogP contribution in [0.25, 0.3) is 34.0 Å². The first-order chi connectivity index (χ1) is 32.7. The summed E-state index contributed by atoms with van der Waals surface area (Å²) in [5.74, 6) is -1.68. The first-order valence-corrected chi connectivity index (χ1v) is 23.8. The van der Waals surface area contributed by atoms with Crippen LogP contribution in [0, 0.1) is 17.1 Å². The molecule has 69 heavy (non-hydrogen) atoms. The van der Waals surface area contributed by atoms with Gasteiger partial charge in [0, 0.05) is 36.0 Å². The number of anilines is 3. The van der Waals surface area contributed by atoms with E-state index in [1.54, 1.807) is 44.2 Å². The second-order valence-electron chi connectivity index (χ2n) is 17.0. The molecule has 0 radical (unpaired) electrons. The summed E-state index contributed by atoms with van der Waals surface area (Å²) < 4.78 is 87.3. The molecule has 2 amide bonds. The normalized spacial score (nSPS) is 13.9. The smallest absolute Gasteiger partial charge is 0.382 e. The lowest BCUT2D eigenvalue weighted by Crippen LogP contribution is -2.44. The van der Waals surface area contributed by atoms with Crippen molar-refractivity contribution in [3.63, 3.8) is 0 Å². The lowest BCUT2D eigenvalue weighted by molar-refractivity contribution is -0.137. The minimum absolute atomic E-state index is 0.123. The second kappa shape index (κ2) is 20.3. The van der Waals surface area contributed by atoms with Crippen LogP contribution in [-0.4, -0.2) is 64.3 Å². The zero-order chi connectivity index (χ0) is 49.8. The number of carbonyl (C=O) groups is 2. The number of benzene rings is 4. The van der Waals surface area contributed by atoms with Gasteiger partial charge in [-0.2, -0.15) is 18.4 Å². The molecule has 4 N–H and O–H groups in total. The molecular formula is C49H47F4N9O5S2. The van der Waals surface area contributed by atoms with Gasteiger partial charge in [-0.1, -0.05) is 54.4 Å². The highest BCUT2D eigenvalue weighted by Crippen LogP contribution is 2.40. The molecule has 6 aromatic rings. The quantitative estimate of drug-likeness (QED) is 0.0444. The monoisotopic (exact) mass is 981 g/mol. The average Bonchev–Trinajstić information content (AvgIpc) is 3.87. The summed E-state index contributed by atoms with van der Waals surface area (Å²) in [6.07, 6.45) is -0.0648. The average molecular weight is 982 g/mol. The predicted octanol–water partition coefficient (Wildman–Crippen LogP) is 9.26. The number of hydrogen-bond donors (Lipinski definition) is 3. The van der Waals surface area contributed by atoms with E-state index in [-0.39, 0.29) is 32.8 Å². The first-order valence-electron chi connectivity index (χ1n) is 21.8. The molecule has 0 spiro atoms. The van der Waals surface area contributed by atoms with Crippen molar-refractivity contribution in [3.05, 3.63) is 125 Å². The van der Waals surface area contributed by atoms with Crippen LogP contribution in [0.2, 0.25) is 0 Å². The number of carbonyl (C=O) groups excluding carboxylic acids is 2. The number of thiocarbonyl (C=S) groups is 1. The SMILES string of the molecule is CC(C)S(=O)(=O)c1ccc(-c2cnc(N)c(-c3cc(-c4ccc(CNCCCCCCNC(=O)c5ccc(N6C(=S)N(c7ccc(C#N)c(C(F)(F)F)c7)C(=O)C6(C)C)cc5F)cc4)no3)n2)cc1. The Kier molecular flexibility index (Phi) is 14.6. The fraction of sp³-hybridized carbons (Fsp3) is 0.286. The van der Waals surface area contributed by atoms with E-state index in [9.17, 15) is 36.4 Å². The van der Waals surface area contributed by atoms with Crippen LogP contribution in [-0.2, 0) is 27.4 Å². The van der Waals surface area contributed by atoms with Gasteiger partial charge in [-0.05, 0) is 113 Å². The second-order valence-corrected chi connectivity index (χ2v) is 19.9. The van der Waals surface area contributed by atoms with Gasteiger partial charge in [0.2, 0.25) is 0 Å². The van der Waals surface area contributed by atoms with Crippen molar-refractivity contribution in [2.45, 2.75) is 81.8 Å². The van der Waals surface area contributed by atoms with E-state index in [4.69, 9.17) is 22.5 Å². The Labute approximate surface area is 401 Å². The molecule has 0 aliphatic carbocycles. The topological polar surface area (TPSA) is 200 Å². The fourth-order valence-electron chi connectivity index (χ4n) is 7.67. The van der Waals surface area contributed by atoms with Gasteiger partial charge in [-0.15, -0.1) is 0 Å². The van der Waals surface area contributed by atoms with Crippen LogP contribution in [0.5, 0.6) is 0 Å². The number of alkyl halides is 3. The Morgan fingerprint density at radius 1 is 0.913 bits per heavy atom. The number of unbranched alkanes of at least 4 members (excludes halogenated alkanes) is 3. The molecule has 20 heteroatoms. The fourth-order valence-corrected chi connectivity index (χ4v) is 9.25. The molecule has 4 aromatic carbocycles. The predicted molar refractivity (Wildman–Crippen MR) is 257 cm³/mol. The van der Waals surface area contributed by atoms with E-state index >= 15 is 4.39 Å². The maximum atomic E-state index is 15.4. The van der Waals surface area contributed by atoms with Crippen LogP contribution >= 0.6 is 12.2 Å². The summed E-state index contributed by atoms with van der Waals surface area (Å²) in [5.41, 5.74) is 6.52. The van der Waals surface area contributed by atoms with Crippen LogP contribution < -0.4 is 26.2 Å². The number of nitrogens with zero attached hydrogens (tertiary/aromatic N) is 6. The van der Waals surface area contributed by atoms with Crippen LogP contribution in [0.1, 0.15) is 80.4 Å². The Hall–Kier alpha value is -7.08. The minimum atomic E-state index is -4.86. The molecule has 0 saturated carbocycles. The van der Waals surface area contributed by atoms with Gasteiger partial charge in [-0.3, -0.25) is 14.5 Å². The standard InChI is InChI=1S/C49H47F4N9O5S2/c1-29(2)69(65,66)36-18-14-32(15-19-36)41-28-58-44(55)43(59-41)42-25-40(60-67-42)31-11-9-30(10-12-31)27-56-21-7-5-6-8-22-57-45(63)37-20-17-35(24-39(37)50)62-47(68)61(46(64)48(62,3)4)34-16-13-33(26-54)38(23-34)49(51,52)53/h9-20,23-25,28-29,56H,5-8,21-22,27H2,1-4H3,(H2,55,58)(H,57,63). The van der Waals surface area contributed by atoms with Crippen molar-refractivity contribution in [3.8, 4) is 40.0 Å². The number of nitrogens with two attached hydrogens (primary N) is 1. The maximum Gasteiger partial charge on any atom is 0.417 e. The number of halogens is 4.